The highest BCUT2D eigenvalue weighted by Gasteiger charge is 2.38. The molecule has 100 valence electrons. The lowest BCUT2D eigenvalue weighted by atomic mass is 9.94. The van der Waals surface area contributed by atoms with Crippen LogP contribution in [0.4, 0.5) is 5.95 Å². The summed E-state index contributed by atoms with van der Waals surface area (Å²) in [6, 6.07) is 0. The number of nitrogens with zero attached hydrogens (tertiary/aromatic N) is 2. The van der Waals surface area contributed by atoms with Crippen LogP contribution in [0.25, 0.3) is 0 Å². The fraction of sp³-hybridized carbons (Fsp3) is 0.667. The molecule has 1 aliphatic carbocycles. The van der Waals surface area contributed by atoms with Gasteiger partial charge in [-0.25, -0.2) is 4.98 Å². The van der Waals surface area contributed by atoms with Gasteiger partial charge in [0.1, 0.15) is 5.00 Å². The average Bonchev–Trinajstić information content (AvgIpc) is 2.36. The Hall–Kier alpha value is -0.740. The minimum Gasteiger partial charge on any atom is -0.481 e. The summed E-state index contributed by atoms with van der Waals surface area (Å²) < 4.78 is 5.17. The molecule has 0 aliphatic heterocycles. The van der Waals surface area contributed by atoms with Gasteiger partial charge in [0.25, 0.3) is 0 Å². The first-order valence-corrected chi connectivity index (χ1v) is 6.85. The van der Waals surface area contributed by atoms with Gasteiger partial charge >= 0.3 is 0 Å². The first kappa shape index (κ1) is 13.7. The summed E-state index contributed by atoms with van der Waals surface area (Å²) in [5.41, 5.74) is 0.887. The second kappa shape index (κ2) is 5.49. The SMILES string of the molecule is COc1nc(NC2(Cl)CCCCC2Cl)ncc1C. The monoisotopic (exact) mass is 289 g/mol. The number of hydrogen-bond donors (Lipinski definition) is 1. The zero-order chi connectivity index (χ0) is 13.2. The van der Waals surface area contributed by atoms with E-state index in [9.17, 15) is 0 Å². The number of ether oxygens (including phenoxy) is 1. The zero-order valence-corrected chi connectivity index (χ0v) is 12.1. The van der Waals surface area contributed by atoms with E-state index in [4.69, 9.17) is 27.9 Å². The predicted molar refractivity (Wildman–Crippen MR) is 73.6 cm³/mol. The van der Waals surface area contributed by atoms with Crippen LogP contribution in [0.5, 0.6) is 5.88 Å². The van der Waals surface area contributed by atoms with Crippen molar-refractivity contribution in [1.29, 1.82) is 0 Å². The summed E-state index contributed by atoms with van der Waals surface area (Å²) in [6.45, 7) is 1.89. The predicted octanol–water partition coefficient (Wildman–Crippen LogP) is 3.32. The molecule has 1 aromatic heterocycles. The Kier molecular flexibility index (Phi) is 4.17. The van der Waals surface area contributed by atoms with Crippen LogP contribution >= 0.6 is 23.2 Å². The fourth-order valence-electron chi connectivity index (χ4n) is 2.11. The molecule has 2 unspecified atom stereocenters. The number of halogens is 2. The van der Waals surface area contributed by atoms with E-state index in [1.165, 1.54) is 0 Å². The molecule has 0 saturated heterocycles. The van der Waals surface area contributed by atoms with Gasteiger partial charge in [0.2, 0.25) is 11.8 Å². The molecular formula is C12H17Cl2N3O. The van der Waals surface area contributed by atoms with E-state index in [2.05, 4.69) is 15.3 Å². The van der Waals surface area contributed by atoms with Crippen molar-refractivity contribution in [2.75, 3.05) is 12.4 Å². The van der Waals surface area contributed by atoms with Crippen LogP contribution in [0, 0.1) is 6.92 Å². The Bertz CT molecular complexity index is 430. The number of hydrogen-bond acceptors (Lipinski definition) is 4. The molecule has 1 aromatic rings. The maximum absolute atomic E-state index is 6.53. The molecule has 18 heavy (non-hydrogen) atoms. The number of aryl methyl sites for hydroxylation is 1. The van der Waals surface area contributed by atoms with E-state index in [1.807, 2.05) is 6.92 Å². The third-order valence-corrected chi connectivity index (χ3v) is 4.43. The normalized spacial score (nSPS) is 27.9. The van der Waals surface area contributed by atoms with E-state index in [1.54, 1.807) is 13.3 Å². The largest absolute Gasteiger partial charge is 0.481 e. The van der Waals surface area contributed by atoms with Crippen LogP contribution in [0.3, 0.4) is 0 Å². The lowest BCUT2D eigenvalue weighted by Gasteiger charge is -2.36. The van der Waals surface area contributed by atoms with E-state index in [-0.39, 0.29) is 5.38 Å². The molecule has 1 saturated carbocycles. The standard InChI is InChI=1S/C12H17Cl2N3O/c1-8-7-15-11(16-10(8)18-2)17-12(14)6-4-3-5-9(12)13/h7,9H,3-6H2,1-2H3,(H,15,16,17). The minimum absolute atomic E-state index is 0.121. The Balaban J connectivity index is 2.17. The Labute approximate surface area is 117 Å². The van der Waals surface area contributed by atoms with Gasteiger partial charge in [-0.1, -0.05) is 18.0 Å². The van der Waals surface area contributed by atoms with E-state index in [0.29, 0.717) is 11.8 Å². The minimum atomic E-state index is -0.667. The van der Waals surface area contributed by atoms with Crippen LogP contribution in [0.1, 0.15) is 31.2 Å². The van der Waals surface area contributed by atoms with Gasteiger partial charge in [-0.05, 0) is 26.2 Å². The Morgan fingerprint density at radius 3 is 2.94 bits per heavy atom. The lowest BCUT2D eigenvalue weighted by molar-refractivity contribution is 0.392. The molecule has 2 rings (SSSR count). The summed E-state index contributed by atoms with van der Waals surface area (Å²) in [6.07, 6.45) is 5.59. The maximum Gasteiger partial charge on any atom is 0.227 e. The Morgan fingerprint density at radius 2 is 2.28 bits per heavy atom. The lowest BCUT2D eigenvalue weighted by Crippen LogP contribution is -2.44. The van der Waals surface area contributed by atoms with E-state index < -0.39 is 5.00 Å². The van der Waals surface area contributed by atoms with Crippen LogP contribution in [0.2, 0.25) is 0 Å². The molecule has 1 N–H and O–H groups in total. The molecule has 1 aliphatic rings. The van der Waals surface area contributed by atoms with Crippen molar-refractivity contribution in [2.45, 2.75) is 43.0 Å². The van der Waals surface area contributed by atoms with Gasteiger partial charge in [-0.15, -0.1) is 11.6 Å². The first-order valence-electron chi connectivity index (χ1n) is 6.04. The van der Waals surface area contributed by atoms with Gasteiger partial charge < -0.3 is 10.1 Å². The van der Waals surface area contributed by atoms with Gasteiger partial charge in [-0.2, -0.15) is 4.98 Å². The second-order valence-corrected chi connectivity index (χ2v) is 5.79. The number of anilines is 1. The summed E-state index contributed by atoms with van der Waals surface area (Å²) in [4.78, 5) is 7.83. The molecule has 4 nitrogen and oxygen atoms in total. The molecule has 0 amide bonds. The maximum atomic E-state index is 6.53. The number of aromatic nitrogens is 2. The molecule has 0 aromatic carbocycles. The number of nitrogens with one attached hydrogen (secondary N) is 1. The molecular weight excluding hydrogens is 273 g/mol. The van der Waals surface area contributed by atoms with Crippen LogP contribution in [-0.2, 0) is 0 Å². The topological polar surface area (TPSA) is 47.0 Å². The molecule has 6 heteroatoms. The zero-order valence-electron chi connectivity index (χ0n) is 10.5. The van der Waals surface area contributed by atoms with Gasteiger partial charge in [0.05, 0.1) is 12.5 Å². The molecule has 0 radical (unpaired) electrons. The third-order valence-electron chi connectivity index (χ3n) is 3.18. The van der Waals surface area contributed by atoms with Crippen LogP contribution in [0.15, 0.2) is 6.20 Å². The van der Waals surface area contributed by atoms with Crippen molar-refractivity contribution in [2.24, 2.45) is 0 Å². The first-order chi connectivity index (χ1) is 8.55. The fourth-order valence-corrected chi connectivity index (χ4v) is 2.76. The highest BCUT2D eigenvalue weighted by atomic mass is 35.5. The van der Waals surface area contributed by atoms with Gasteiger partial charge in [0.15, 0.2) is 0 Å². The van der Waals surface area contributed by atoms with E-state index >= 15 is 0 Å². The highest BCUT2D eigenvalue weighted by Crippen LogP contribution is 2.38. The number of rotatable bonds is 3. The van der Waals surface area contributed by atoms with Crippen molar-refractivity contribution in [3.8, 4) is 5.88 Å². The molecule has 0 spiro atoms. The molecule has 2 atom stereocenters. The van der Waals surface area contributed by atoms with Crippen LogP contribution in [-0.4, -0.2) is 27.5 Å². The van der Waals surface area contributed by atoms with E-state index in [0.717, 1.165) is 31.2 Å². The van der Waals surface area contributed by atoms with Crippen molar-refractivity contribution in [1.82, 2.24) is 9.97 Å². The van der Waals surface area contributed by atoms with Gasteiger partial charge in [-0.3, -0.25) is 0 Å². The summed E-state index contributed by atoms with van der Waals surface area (Å²) in [5, 5.41) is 3.02. The van der Waals surface area contributed by atoms with Crippen molar-refractivity contribution in [3.05, 3.63) is 11.8 Å². The second-order valence-electron chi connectivity index (χ2n) is 4.59. The average molecular weight is 290 g/mol. The smallest absolute Gasteiger partial charge is 0.227 e. The summed E-state index contributed by atoms with van der Waals surface area (Å²) >= 11 is 12.8. The number of alkyl halides is 2. The summed E-state index contributed by atoms with van der Waals surface area (Å²) in [5.74, 6) is 1.01. The van der Waals surface area contributed by atoms with Crippen molar-refractivity contribution < 1.29 is 4.74 Å². The van der Waals surface area contributed by atoms with Crippen LogP contribution < -0.4 is 10.1 Å². The van der Waals surface area contributed by atoms with Crippen molar-refractivity contribution in [3.63, 3.8) is 0 Å². The molecule has 1 fully saturated rings. The van der Waals surface area contributed by atoms with Gasteiger partial charge in [0, 0.05) is 11.8 Å². The van der Waals surface area contributed by atoms with Crippen molar-refractivity contribution >= 4 is 29.2 Å². The quantitative estimate of drug-likeness (QED) is 0.685. The molecule has 0 bridgehead atoms. The summed E-state index contributed by atoms with van der Waals surface area (Å²) in [7, 11) is 1.58. The highest BCUT2D eigenvalue weighted by molar-refractivity contribution is 6.33. The Morgan fingerprint density at radius 1 is 1.50 bits per heavy atom. The third kappa shape index (κ3) is 2.81. The number of methoxy groups -OCH3 is 1. The molecule has 1 heterocycles.